The number of anilines is 1. The van der Waals surface area contributed by atoms with Crippen molar-refractivity contribution < 1.29 is 61.4 Å². The predicted molar refractivity (Wildman–Crippen MR) is 165 cm³/mol. The number of fused-ring (bicyclic) bond motifs is 1. The van der Waals surface area contributed by atoms with Gasteiger partial charge in [0.05, 0.1) is 70.6 Å². The Hall–Kier alpha value is -4.06. The minimum Gasteiger partial charge on any atom is -0.473 e. The molecule has 3 aromatic rings. The minimum absolute atomic E-state index is 0.0477. The average Bonchev–Trinajstić information content (AvgIpc) is 3.53. The highest BCUT2D eigenvalue weighted by molar-refractivity contribution is 6.28. The number of aliphatic carboxylic acids is 1. The van der Waals surface area contributed by atoms with E-state index in [0.717, 1.165) is 6.07 Å². The maximum absolute atomic E-state index is 13.6. The molecule has 1 saturated heterocycles. The zero-order valence-corrected chi connectivity index (χ0v) is 25.9. The lowest BCUT2D eigenvalue weighted by Crippen LogP contribution is -2.31. The van der Waals surface area contributed by atoms with Crippen LogP contribution in [0.25, 0.3) is 22.0 Å². The number of esters is 1. The molecule has 16 heteroatoms. The highest BCUT2D eigenvalue weighted by Crippen LogP contribution is 2.36. The first-order valence-electron chi connectivity index (χ1n) is 15.1. The number of carboxylic acids is 1. The van der Waals surface area contributed by atoms with Gasteiger partial charge in [0.15, 0.2) is 0 Å². The number of nitrogens with zero attached hydrogens (tertiary/aromatic N) is 1. The number of aliphatic hydroxyl groups is 1. The molecule has 48 heavy (non-hydrogen) atoms. The topological polar surface area (TPSA) is 166 Å². The van der Waals surface area contributed by atoms with E-state index < -0.39 is 41.4 Å². The normalized spacial score (nSPS) is 15.6. The summed E-state index contributed by atoms with van der Waals surface area (Å²) in [4.78, 5) is 39.9. The van der Waals surface area contributed by atoms with E-state index in [2.05, 4.69) is 4.98 Å². The second-order valence-electron chi connectivity index (χ2n) is 10.7. The van der Waals surface area contributed by atoms with Gasteiger partial charge in [0.2, 0.25) is 0 Å². The number of benzene rings is 2. The van der Waals surface area contributed by atoms with Crippen molar-refractivity contribution in [2.24, 2.45) is 0 Å². The van der Waals surface area contributed by atoms with Crippen LogP contribution in [0.4, 0.5) is 18.9 Å². The van der Waals surface area contributed by atoms with Gasteiger partial charge in [-0.25, -0.2) is 9.59 Å². The van der Waals surface area contributed by atoms with Gasteiger partial charge in [-0.3, -0.25) is 4.79 Å². The highest BCUT2D eigenvalue weighted by Gasteiger charge is 2.34. The number of rotatable bonds is 18. The smallest absolute Gasteiger partial charge is 0.417 e. The van der Waals surface area contributed by atoms with E-state index >= 15 is 0 Å². The summed E-state index contributed by atoms with van der Waals surface area (Å²) >= 11 is 0. The maximum atomic E-state index is 13.6. The fraction of sp³-hybridized carbons (Fsp3) is 0.469. The number of alkyl halides is 3. The summed E-state index contributed by atoms with van der Waals surface area (Å²) < 4.78 is 73.2. The molecule has 0 spiro atoms. The van der Waals surface area contributed by atoms with Crippen molar-refractivity contribution in [3.63, 3.8) is 0 Å². The van der Waals surface area contributed by atoms with E-state index in [0.29, 0.717) is 44.0 Å². The van der Waals surface area contributed by atoms with Gasteiger partial charge in [-0.1, -0.05) is 24.3 Å². The van der Waals surface area contributed by atoms with Crippen LogP contribution in [0.5, 0.6) is 0 Å². The van der Waals surface area contributed by atoms with Crippen molar-refractivity contribution in [3.8, 4) is 11.3 Å². The number of carbonyl (C=O) groups excluding carboxylic acids is 1. The van der Waals surface area contributed by atoms with E-state index in [9.17, 15) is 27.6 Å². The summed E-state index contributed by atoms with van der Waals surface area (Å²) in [5.41, 5.74) is -0.845. The first kappa shape index (κ1) is 36.8. The lowest BCUT2D eigenvalue weighted by atomic mass is 10.0. The fourth-order valence-electron chi connectivity index (χ4n) is 5.01. The third-order valence-corrected chi connectivity index (χ3v) is 7.27. The molecule has 1 aromatic heterocycles. The summed E-state index contributed by atoms with van der Waals surface area (Å²) in [6.07, 6.45) is -5.46. The van der Waals surface area contributed by atoms with Crippen molar-refractivity contribution in [1.82, 2.24) is 4.98 Å². The Morgan fingerprint density at radius 2 is 1.67 bits per heavy atom. The summed E-state index contributed by atoms with van der Waals surface area (Å²) in [5.74, 6) is -3.15. The number of ether oxygens (including phenoxy) is 6. The number of aromatic amines is 1. The molecule has 0 amide bonds. The number of aliphatic hydroxyl groups excluding tert-OH is 1. The van der Waals surface area contributed by atoms with Gasteiger partial charge < -0.3 is 48.5 Å². The van der Waals surface area contributed by atoms with Gasteiger partial charge in [0.1, 0.15) is 13.3 Å². The van der Waals surface area contributed by atoms with E-state index in [1.54, 1.807) is 18.2 Å². The Balaban J connectivity index is 1.33. The Morgan fingerprint density at radius 1 is 0.979 bits per heavy atom. The number of carbonyl (C=O) groups is 2. The second kappa shape index (κ2) is 17.9. The van der Waals surface area contributed by atoms with E-state index in [1.807, 2.05) is 4.90 Å². The Morgan fingerprint density at radius 3 is 2.35 bits per heavy atom. The van der Waals surface area contributed by atoms with Crippen LogP contribution in [-0.2, 0) is 44.2 Å². The summed E-state index contributed by atoms with van der Waals surface area (Å²) in [7, 11) is 0. The lowest BCUT2D eigenvalue weighted by molar-refractivity contribution is -0.167. The number of aromatic nitrogens is 1. The molecule has 2 heterocycles. The van der Waals surface area contributed by atoms with Crippen molar-refractivity contribution in [3.05, 3.63) is 64.4 Å². The van der Waals surface area contributed by atoms with Gasteiger partial charge in [-0.05, 0) is 29.7 Å². The summed E-state index contributed by atoms with van der Waals surface area (Å²) in [5, 5.41) is 18.3. The molecule has 0 saturated carbocycles. The minimum atomic E-state index is -4.60. The number of carboxylic acid groups (broad SMARTS) is 1. The van der Waals surface area contributed by atoms with Gasteiger partial charge in [-0.15, -0.1) is 0 Å². The molecule has 0 radical (unpaired) electrons. The van der Waals surface area contributed by atoms with Crippen molar-refractivity contribution >= 4 is 28.4 Å². The molecule has 0 bridgehead atoms. The Labute approximate surface area is 273 Å². The number of hydrogen-bond donors (Lipinski definition) is 3. The monoisotopic (exact) mass is 682 g/mol. The molecule has 0 aliphatic carbocycles. The fourth-order valence-corrected chi connectivity index (χ4v) is 5.01. The van der Waals surface area contributed by atoms with Crippen LogP contribution in [0.1, 0.15) is 12.0 Å². The molecule has 1 fully saturated rings. The zero-order valence-electron chi connectivity index (χ0n) is 25.9. The molecular weight excluding hydrogens is 645 g/mol. The predicted octanol–water partition coefficient (Wildman–Crippen LogP) is 2.82. The van der Waals surface area contributed by atoms with Crippen LogP contribution in [-0.4, -0.2) is 112 Å². The highest BCUT2D eigenvalue weighted by atomic mass is 19.4. The number of hydrogen-bond acceptors (Lipinski definition) is 11. The zero-order chi connectivity index (χ0) is 34.5. The van der Waals surface area contributed by atoms with E-state index in [-0.39, 0.29) is 62.8 Å². The molecule has 1 aliphatic heterocycles. The van der Waals surface area contributed by atoms with Crippen LogP contribution in [0.2, 0.25) is 0 Å². The van der Waals surface area contributed by atoms with Gasteiger partial charge in [0, 0.05) is 35.3 Å². The van der Waals surface area contributed by atoms with Gasteiger partial charge in [-0.2, -0.15) is 13.2 Å². The molecule has 2 atom stereocenters. The average molecular weight is 683 g/mol. The van der Waals surface area contributed by atoms with Crippen LogP contribution in [0.3, 0.4) is 0 Å². The van der Waals surface area contributed by atoms with Crippen molar-refractivity contribution in [2.45, 2.75) is 24.8 Å². The quantitative estimate of drug-likeness (QED) is 0.102. The van der Waals surface area contributed by atoms with Gasteiger partial charge in [0.25, 0.3) is 5.56 Å². The molecule has 2 aromatic carbocycles. The standard InChI is InChI=1S/C32H37F3N2O11/c33-32(34,35)27-4-2-1-3-25(27)28-15-21-5-6-22(16-26(21)29(39)36-28)37-18-23(48-20-37)17-24(19-47-31(42)30(40)41)46-14-13-45-12-11-44-10-9-43-8-7-38/h1-6,15-16,23-24,38H,7-14,17-20H2,(H,36,39)(H,40,41)/t23-,24?/m0/s1. The molecule has 3 N–H and O–H groups in total. The maximum Gasteiger partial charge on any atom is 0.417 e. The number of halogens is 3. The molecule has 13 nitrogen and oxygen atoms in total. The SMILES string of the molecule is O=C(O)C(=O)OCC(C[C@H]1CN(c2ccc3cc(-c4ccccc4C(F)(F)F)[nH]c(=O)c3c2)CO1)OCCOCCOCCOCCO. The van der Waals surface area contributed by atoms with E-state index in [1.165, 1.54) is 24.3 Å². The Kier molecular flexibility index (Phi) is 13.7. The number of nitrogens with one attached hydrogen (secondary N) is 1. The first-order valence-corrected chi connectivity index (χ1v) is 15.1. The largest absolute Gasteiger partial charge is 0.473 e. The van der Waals surface area contributed by atoms with Gasteiger partial charge >= 0.3 is 18.1 Å². The summed E-state index contributed by atoms with van der Waals surface area (Å²) in [6, 6.07) is 11.5. The first-order chi connectivity index (χ1) is 23.1. The molecule has 1 unspecified atom stereocenters. The molecule has 4 rings (SSSR count). The van der Waals surface area contributed by atoms with Crippen LogP contribution in [0.15, 0.2) is 53.3 Å². The molecule has 262 valence electrons. The third kappa shape index (κ3) is 10.7. The molecule has 1 aliphatic rings. The van der Waals surface area contributed by atoms with Crippen molar-refractivity contribution in [2.75, 3.05) is 77.6 Å². The van der Waals surface area contributed by atoms with Crippen LogP contribution >= 0.6 is 0 Å². The van der Waals surface area contributed by atoms with Crippen molar-refractivity contribution in [1.29, 1.82) is 0 Å². The van der Waals surface area contributed by atoms with Crippen LogP contribution in [0, 0.1) is 0 Å². The summed E-state index contributed by atoms with van der Waals surface area (Å²) in [6.45, 7) is 2.00. The third-order valence-electron chi connectivity index (χ3n) is 7.27. The molecular formula is C32H37F3N2O11. The number of H-pyrrole nitrogens is 1. The lowest BCUT2D eigenvalue weighted by Gasteiger charge is -2.21. The number of pyridine rings is 1. The van der Waals surface area contributed by atoms with E-state index in [4.69, 9.17) is 38.6 Å². The Bertz CT molecular complexity index is 1570. The van der Waals surface area contributed by atoms with Crippen LogP contribution < -0.4 is 10.5 Å². The second-order valence-corrected chi connectivity index (χ2v) is 10.7.